The Balaban J connectivity index is 1.09. The number of hydrogen-bond donors (Lipinski definition) is 0. The fraction of sp³-hybridized carbons (Fsp3) is 0.394. The Labute approximate surface area is 243 Å². The molecule has 0 radical (unpaired) electrons. The fourth-order valence-electron chi connectivity index (χ4n) is 5.12. The second-order valence-corrected chi connectivity index (χ2v) is 15.1. The maximum absolute atomic E-state index is 10.8. The van der Waals surface area contributed by atoms with Gasteiger partial charge in [0.05, 0.1) is 18.1 Å². The van der Waals surface area contributed by atoms with Gasteiger partial charge in [0.25, 0.3) is 5.69 Å². The Morgan fingerprint density at radius 2 is 1.30 bits per heavy atom. The van der Waals surface area contributed by atoms with E-state index in [1.54, 1.807) is 12.1 Å². The molecule has 0 aromatic heterocycles. The van der Waals surface area contributed by atoms with Gasteiger partial charge in [0.1, 0.15) is 46.0 Å². The van der Waals surface area contributed by atoms with Crippen LogP contribution in [0.3, 0.4) is 0 Å². The molecule has 2 heterocycles. The van der Waals surface area contributed by atoms with E-state index in [-0.39, 0.29) is 10.6 Å². The molecule has 0 spiro atoms. The fourth-order valence-corrected chi connectivity index (χ4v) is 9.89. The van der Waals surface area contributed by atoms with E-state index in [9.17, 15) is 10.1 Å². The van der Waals surface area contributed by atoms with E-state index in [0.717, 1.165) is 29.0 Å². The molecule has 0 bridgehead atoms. The zero-order valence-corrected chi connectivity index (χ0v) is 24.7. The number of rotatable bonds is 13. The molecule has 210 valence electrons. The van der Waals surface area contributed by atoms with E-state index < -0.39 is 0 Å². The average Bonchev–Trinajstić information content (AvgIpc) is 3.68. The number of nitro groups is 1. The lowest BCUT2D eigenvalue weighted by atomic mass is 10.1. The highest BCUT2D eigenvalue weighted by molar-refractivity contribution is 7.96. The summed E-state index contributed by atoms with van der Waals surface area (Å²) < 4.78 is 12.4. The standard InChI is InChI=1S/C33H39NO4S2/c35-34(36)31-14-9-27(10-15-31)6-7-28-11-16-32(17-12-28)37-18-5-19-38-33-24-29(25-39-20-1-2-21-39)8-13-30(33)26-40-22-3-4-23-40/h6-17,24H,1-5,18-23,25-26H2/q+2. The van der Waals surface area contributed by atoms with Crippen LogP contribution in [0.2, 0.25) is 0 Å². The molecule has 0 saturated carbocycles. The van der Waals surface area contributed by atoms with Crippen LogP contribution in [-0.4, -0.2) is 41.1 Å². The predicted molar refractivity (Wildman–Crippen MR) is 171 cm³/mol. The van der Waals surface area contributed by atoms with Gasteiger partial charge in [-0.25, -0.2) is 0 Å². The topological polar surface area (TPSA) is 61.6 Å². The monoisotopic (exact) mass is 577 g/mol. The van der Waals surface area contributed by atoms with Gasteiger partial charge in [-0.15, -0.1) is 0 Å². The molecule has 3 aromatic rings. The first-order valence-electron chi connectivity index (χ1n) is 14.3. The van der Waals surface area contributed by atoms with E-state index in [1.807, 2.05) is 36.4 Å². The lowest BCUT2D eigenvalue weighted by Gasteiger charge is -2.13. The minimum absolute atomic E-state index is 0.0991. The van der Waals surface area contributed by atoms with Crippen molar-refractivity contribution in [3.05, 3.63) is 99.1 Å². The molecule has 2 aliphatic rings. The molecular weight excluding hydrogens is 539 g/mol. The van der Waals surface area contributed by atoms with Gasteiger partial charge in [0.2, 0.25) is 0 Å². The molecule has 0 N–H and O–H groups in total. The van der Waals surface area contributed by atoms with Crippen molar-refractivity contribution < 1.29 is 14.4 Å². The summed E-state index contributed by atoms with van der Waals surface area (Å²) in [5, 5.41) is 10.8. The van der Waals surface area contributed by atoms with Crippen LogP contribution >= 0.6 is 0 Å². The average molecular weight is 578 g/mol. The van der Waals surface area contributed by atoms with Crippen LogP contribution in [0, 0.1) is 10.1 Å². The molecule has 5 nitrogen and oxygen atoms in total. The van der Waals surface area contributed by atoms with E-state index >= 15 is 0 Å². The largest absolute Gasteiger partial charge is 0.493 e. The van der Waals surface area contributed by atoms with Gasteiger partial charge in [-0.1, -0.05) is 36.4 Å². The van der Waals surface area contributed by atoms with Gasteiger partial charge < -0.3 is 9.47 Å². The Hall–Kier alpha value is -2.90. The molecule has 0 unspecified atom stereocenters. The third-order valence-electron chi connectivity index (χ3n) is 7.36. The van der Waals surface area contributed by atoms with Gasteiger partial charge in [-0.2, -0.15) is 0 Å². The van der Waals surface area contributed by atoms with E-state index in [2.05, 4.69) is 18.2 Å². The predicted octanol–water partition coefficient (Wildman–Crippen LogP) is 7.44. The summed E-state index contributed by atoms with van der Waals surface area (Å²) in [4.78, 5) is 10.4. The van der Waals surface area contributed by atoms with Crippen LogP contribution < -0.4 is 9.47 Å². The summed E-state index contributed by atoms with van der Waals surface area (Å²) in [6.07, 6.45) is 10.3. The molecule has 2 fully saturated rings. The van der Waals surface area contributed by atoms with Gasteiger partial charge in [-0.05, 0) is 88.9 Å². The minimum Gasteiger partial charge on any atom is -0.493 e. The van der Waals surface area contributed by atoms with E-state index in [0.29, 0.717) is 35.0 Å². The summed E-state index contributed by atoms with van der Waals surface area (Å²) >= 11 is 0. The van der Waals surface area contributed by atoms with Crippen molar-refractivity contribution in [3.8, 4) is 11.5 Å². The lowest BCUT2D eigenvalue weighted by molar-refractivity contribution is -0.384. The molecule has 0 amide bonds. The number of benzene rings is 3. The molecule has 7 heteroatoms. The quantitative estimate of drug-likeness (QED) is 0.0697. The zero-order chi connectivity index (χ0) is 27.6. The highest BCUT2D eigenvalue weighted by Gasteiger charge is 2.27. The van der Waals surface area contributed by atoms with Crippen molar-refractivity contribution in [2.45, 2.75) is 43.6 Å². The van der Waals surface area contributed by atoms with Crippen molar-refractivity contribution in [2.24, 2.45) is 0 Å². The molecule has 3 aromatic carbocycles. The van der Waals surface area contributed by atoms with Crippen molar-refractivity contribution >= 4 is 39.6 Å². The zero-order valence-electron chi connectivity index (χ0n) is 23.1. The van der Waals surface area contributed by atoms with Crippen molar-refractivity contribution in [1.29, 1.82) is 0 Å². The summed E-state index contributed by atoms with van der Waals surface area (Å²) in [6.45, 7) is 1.27. The van der Waals surface area contributed by atoms with Crippen LogP contribution in [0.25, 0.3) is 12.2 Å². The summed E-state index contributed by atoms with van der Waals surface area (Å²) in [7, 11) is 1.07. The molecule has 40 heavy (non-hydrogen) atoms. The summed E-state index contributed by atoms with van der Waals surface area (Å²) in [5.41, 5.74) is 4.90. The third kappa shape index (κ3) is 8.55. The first kappa shape index (κ1) is 28.6. The highest BCUT2D eigenvalue weighted by Crippen LogP contribution is 2.29. The van der Waals surface area contributed by atoms with Gasteiger partial charge in [-0.3, -0.25) is 10.1 Å². The Morgan fingerprint density at radius 1 is 0.725 bits per heavy atom. The van der Waals surface area contributed by atoms with Gasteiger partial charge >= 0.3 is 0 Å². The second kappa shape index (κ2) is 14.6. The SMILES string of the molecule is O=[N+]([O-])c1ccc(C=Cc2ccc(OCCCOc3cc(C[S+]4CCCC4)ccc3C[S+]3CCCC3)cc2)cc1. The number of nitrogens with zero attached hydrogens (tertiary/aromatic N) is 1. The summed E-state index contributed by atoms with van der Waals surface area (Å²) in [6, 6.07) is 21.6. The second-order valence-electron chi connectivity index (χ2n) is 10.5. The van der Waals surface area contributed by atoms with Crippen LogP contribution in [0.15, 0.2) is 66.7 Å². The molecular formula is C33H39NO4S2+2. The Morgan fingerprint density at radius 3 is 1.93 bits per heavy atom. The van der Waals surface area contributed by atoms with Crippen LogP contribution in [0.5, 0.6) is 11.5 Å². The molecule has 0 atom stereocenters. The molecule has 2 saturated heterocycles. The molecule has 5 rings (SSSR count). The molecule has 2 aliphatic heterocycles. The number of ether oxygens (including phenoxy) is 2. The minimum atomic E-state index is -0.386. The van der Waals surface area contributed by atoms with Crippen molar-refractivity contribution in [3.63, 3.8) is 0 Å². The third-order valence-corrected chi connectivity index (χ3v) is 12.3. The van der Waals surface area contributed by atoms with E-state index in [4.69, 9.17) is 9.47 Å². The van der Waals surface area contributed by atoms with Gasteiger partial charge in [0.15, 0.2) is 0 Å². The Kier molecular flexibility index (Phi) is 10.5. The van der Waals surface area contributed by atoms with Crippen LogP contribution in [-0.2, 0) is 33.3 Å². The first-order chi connectivity index (χ1) is 19.6. The number of nitro benzene ring substituents is 1. The van der Waals surface area contributed by atoms with E-state index in [1.165, 1.54) is 83.5 Å². The van der Waals surface area contributed by atoms with Crippen LogP contribution in [0.1, 0.15) is 54.4 Å². The maximum atomic E-state index is 10.8. The van der Waals surface area contributed by atoms with Crippen molar-refractivity contribution in [1.82, 2.24) is 0 Å². The summed E-state index contributed by atoms with van der Waals surface area (Å²) in [5.74, 6) is 9.88. The lowest BCUT2D eigenvalue weighted by Crippen LogP contribution is -2.11. The smallest absolute Gasteiger partial charge is 0.269 e. The van der Waals surface area contributed by atoms with Crippen molar-refractivity contribution in [2.75, 3.05) is 36.2 Å². The normalized spacial score (nSPS) is 16.1. The Bertz CT molecular complexity index is 1260. The number of non-ortho nitro benzene ring substituents is 1. The maximum Gasteiger partial charge on any atom is 0.269 e. The van der Waals surface area contributed by atoms with Crippen LogP contribution in [0.4, 0.5) is 5.69 Å². The van der Waals surface area contributed by atoms with Gasteiger partial charge in [0, 0.05) is 29.7 Å². The highest BCUT2D eigenvalue weighted by atomic mass is 32.2. The number of hydrogen-bond acceptors (Lipinski definition) is 4. The first-order valence-corrected chi connectivity index (χ1v) is 17.8. The molecule has 0 aliphatic carbocycles.